The Labute approximate surface area is 210 Å². The average Bonchev–Trinajstić information content (AvgIpc) is 3.10. The average molecular weight is 487 g/mol. The van der Waals surface area contributed by atoms with Crippen molar-refractivity contribution < 1.29 is 24.9 Å². The van der Waals surface area contributed by atoms with Gasteiger partial charge in [0, 0.05) is 11.8 Å². The summed E-state index contributed by atoms with van der Waals surface area (Å²) in [6, 6.07) is 0. The highest BCUT2D eigenvalue weighted by atomic mass is 16.6. The lowest BCUT2D eigenvalue weighted by molar-refractivity contribution is -0.213. The van der Waals surface area contributed by atoms with Crippen LogP contribution in [0.5, 0.6) is 0 Å². The lowest BCUT2D eigenvalue weighted by Crippen LogP contribution is -2.67. The van der Waals surface area contributed by atoms with Crippen LogP contribution in [0.3, 0.4) is 0 Å². The van der Waals surface area contributed by atoms with E-state index < -0.39 is 16.9 Å². The molecule has 35 heavy (non-hydrogen) atoms. The van der Waals surface area contributed by atoms with Crippen LogP contribution in [0.2, 0.25) is 0 Å². The molecule has 1 saturated heterocycles. The zero-order valence-corrected chi connectivity index (χ0v) is 22.6. The second kappa shape index (κ2) is 6.94. The van der Waals surface area contributed by atoms with E-state index in [1.165, 1.54) is 5.57 Å². The molecule has 0 aromatic heterocycles. The third-order valence-corrected chi connectivity index (χ3v) is 13.7. The Hall–Kier alpha value is -0.910. The van der Waals surface area contributed by atoms with Crippen molar-refractivity contribution >= 4 is 5.97 Å². The number of aliphatic hydroxyl groups excluding tert-OH is 3. The third-order valence-electron chi connectivity index (χ3n) is 13.7. The van der Waals surface area contributed by atoms with Gasteiger partial charge in [-0.05, 0) is 84.4 Å². The number of rotatable bonds is 1. The Kier molecular flexibility index (Phi) is 4.84. The molecule has 0 aromatic rings. The van der Waals surface area contributed by atoms with E-state index >= 15 is 0 Å². The van der Waals surface area contributed by atoms with Crippen molar-refractivity contribution in [1.82, 2.24) is 0 Å². The van der Waals surface area contributed by atoms with Gasteiger partial charge in [0.2, 0.25) is 0 Å². The van der Waals surface area contributed by atoms with Crippen molar-refractivity contribution in [1.29, 1.82) is 0 Å². The molecule has 2 bridgehead atoms. The fourth-order valence-corrected chi connectivity index (χ4v) is 11.2. The number of carbonyl (C=O) groups excluding carboxylic acids is 1. The maximum Gasteiger partial charge on any atom is 0.315 e. The molecule has 0 radical (unpaired) electrons. The molecular weight excluding hydrogens is 440 g/mol. The van der Waals surface area contributed by atoms with Crippen LogP contribution >= 0.6 is 0 Å². The molecule has 4 saturated carbocycles. The molecule has 1 spiro atoms. The molecule has 5 nitrogen and oxygen atoms in total. The standard InChI is InChI=1S/C30H46O5/c1-25(2)19-9-12-28(5)20(27(19,4)11-10-21(25)32)8-7-17-18-13-26(3,16-31)23-15-30(18,24(34)35-23)22(33)14-29(17,28)6/h7,18-23,31-33H,8-16H2,1-6H3/t18-,19?,20?,21-,22+,23-,26-,27-,28+,29+,30+/m0/s1. The van der Waals surface area contributed by atoms with Crippen LogP contribution in [-0.2, 0) is 9.53 Å². The first kappa shape index (κ1) is 24.4. The molecule has 11 atom stereocenters. The smallest absolute Gasteiger partial charge is 0.315 e. The predicted molar refractivity (Wildman–Crippen MR) is 133 cm³/mol. The molecule has 196 valence electrons. The van der Waals surface area contributed by atoms with Gasteiger partial charge >= 0.3 is 5.97 Å². The summed E-state index contributed by atoms with van der Waals surface area (Å²) < 4.78 is 5.88. The van der Waals surface area contributed by atoms with Crippen LogP contribution in [0, 0.1) is 50.2 Å². The van der Waals surface area contributed by atoms with Gasteiger partial charge in [-0.3, -0.25) is 4.79 Å². The molecule has 2 unspecified atom stereocenters. The Bertz CT molecular complexity index is 987. The normalized spacial score (nSPS) is 58.3. The van der Waals surface area contributed by atoms with Gasteiger partial charge in [-0.1, -0.05) is 53.2 Å². The maximum atomic E-state index is 13.4. The number of hydrogen-bond acceptors (Lipinski definition) is 5. The summed E-state index contributed by atoms with van der Waals surface area (Å²) in [6.07, 6.45) is 8.08. The molecule has 5 fully saturated rings. The summed E-state index contributed by atoms with van der Waals surface area (Å²) in [5.74, 6) is 0.637. The summed E-state index contributed by atoms with van der Waals surface area (Å²) in [5.41, 5.74) is -0.107. The quantitative estimate of drug-likeness (QED) is 0.372. The largest absolute Gasteiger partial charge is 0.461 e. The van der Waals surface area contributed by atoms with Gasteiger partial charge in [0.15, 0.2) is 0 Å². The van der Waals surface area contributed by atoms with Crippen LogP contribution in [0.4, 0.5) is 0 Å². The molecule has 0 aromatic carbocycles. The van der Waals surface area contributed by atoms with Crippen LogP contribution in [-0.4, -0.2) is 46.2 Å². The van der Waals surface area contributed by atoms with Crippen molar-refractivity contribution in [2.24, 2.45) is 50.2 Å². The minimum absolute atomic E-state index is 0.00529. The van der Waals surface area contributed by atoms with Gasteiger partial charge in [0.05, 0.1) is 18.8 Å². The fourth-order valence-electron chi connectivity index (χ4n) is 11.2. The predicted octanol–water partition coefficient (Wildman–Crippen LogP) is 4.63. The van der Waals surface area contributed by atoms with E-state index in [4.69, 9.17) is 4.74 Å². The molecule has 5 heteroatoms. The van der Waals surface area contributed by atoms with E-state index in [0.717, 1.165) is 32.1 Å². The first-order valence-corrected chi connectivity index (χ1v) is 14.1. The van der Waals surface area contributed by atoms with E-state index in [2.05, 4.69) is 40.7 Å². The first-order chi connectivity index (χ1) is 16.2. The van der Waals surface area contributed by atoms with Gasteiger partial charge in [0.1, 0.15) is 11.5 Å². The number of ether oxygens (including phenoxy) is 1. The van der Waals surface area contributed by atoms with E-state index in [1.807, 2.05) is 6.92 Å². The maximum absolute atomic E-state index is 13.4. The summed E-state index contributed by atoms with van der Waals surface area (Å²) in [6.45, 7) is 13.9. The van der Waals surface area contributed by atoms with E-state index in [9.17, 15) is 20.1 Å². The highest BCUT2D eigenvalue weighted by Crippen LogP contribution is 2.76. The van der Waals surface area contributed by atoms with Gasteiger partial charge < -0.3 is 20.1 Å². The van der Waals surface area contributed by atoms with Crippen LogP contribution in [0.15, 0.2) is 11.6 Å². The van der Waals surface area contributed by atoms with E-state index in [1.54, 1.807) is 0 Å². The van der Waals surface area contributed by atoms with Gasteiger partial charge in [-0.2, -0.15) is 0 Å². The van der Waals surface area contributed by atoms with Crippen molar-refractivity contribution in [2.75, 3.05) is 6.61 Å². The zero-order chi connectivity index (χ0) is 25.4. The molecule has 3 N–H and O–H groups in total. The minimum atomic E-state index is -0.855. The summed E-state index contributed by atoms with van der Waals surface area (Å²) in [7, 11) is 0. The number of esters is 1. The first-order valence-electron chi connectivity index (χ1n) is 14.1. The molecular formula is C30H46O5. The van der Waals surface area contributed by atoms with Crippen molar-refractivity contribution in [3.63, 3.8) is 0 Å². The molecule has 6 rings (SSSR count). The van der Waals surface area contributed by atoms with Gasteiger partial charge in [-0.25, -0.2) is 0 Å². The van der Waals surface area contributed by atoms with Crippen molar-refractivity contribution in [3.05, 3.63) is 11.6 Å². The van der Waals surface area contributed by atoms with Crippen LogP contribution in [0.25, 0.3) is 0 Å². The molecule has 5 aliphatic carbocycles. The number of aliphatic hydroxyl groups is 3. The molecule has 6 aliphatic rings. The van der Waals surface area contributed by atoms with Gasteiger partial charge in [-0.15, -0.1) is 0 Å². The van der Waals surface area contributed by atoms with E-state index in [-0.39, 0.29) is 52.4 Å². The Morgan fingerprint density at radius 3 is 2.34 bits per heavy atom. The highest BCUT2D eigenvalue weighted by Gasteiger charge is 2.74. The monoisotopic (exact) mass is 486 g/mol. The number of hydrogen-bond donors (Lipinski definition) is 3. The second-order valence-electron chi connectivity index (χ2n) is 15.1. The van der Waals surface area contributed by atoms with Crippen molar-refractivity contribution in [2.45, 2.75) is 111 Å². The number of fused-ring (bicyclic) bond motifs is 7. The van der Waals surface area contributed by atoms with E-state index in [0.29, 0.717) is 31.1 Å². The lowest BCUT2D eigenvalue weighted by atomic mass is 9.33. The molecule has 1 heterocycles. The minimum Gasteiger partial charge on any atom is -0.461 e. The number of carbonyl (C=O) groups is 1. The fraction of sp³-hybridized carbons (Fsp3) is 0.900. The van der Waals surface area contributed by atoms with Crippen LogP contribution in [0.1, 0.15) is 92.9 Å². The molecule has 0 amide bonds. The SMILES string of the molecule is CC1(C)C2CC[C@]3(C)C(CC=C4[C@@H]5C[C@@](C)(CO)[C@@H]6C[C@]5(C(=O)O6)[C@H](O)C[C@]43C)[C@@]2(C)CC[C@@H]1O. The third kappa shape index (κ3) is 2.59. The summed E-state index contributed by atoms with van der Waals surface area (Å²) in [5, 5.41) is 33.0. The molecule has 1 aliphatic heterocycles. The zero-order valence-electron chi connectivity index (χ0n) is 22.6. The summed E-state index contributed by atoms with van der Waals surface area (Å²) >= 11 is 0. The van der Waals surface area contributed by atoms with Crippen molar-refractivity contribution in [3.8, 4) is 0 Å². The Balaban J connectivity index is 1.47. The second-order valence-corrected chi connectivity index (χ2v) is 15.1. The van der Waals surface area contributed by atoms with Gasteiger partial charge in [0.25, 0.3) is 0 Å². The Morgan fingerprint density at radius 2 is 1.66 bits per heavy atom. The summed E-state index contributed by atoms with van der Waals surface area (Å²) in [4.78, 5) is 13.4. The topological polar surface area (TPSA) is 87.0 Å². The lowest BCUT2D eigenvalue weighted by Gasteiger charge is -2.71. The Morgan fingerprint density at radius 1 is 0.943 bits per heavy atom. The number of allylic oxidation sites excluding steroid dienone is 2. The highest BCUT2D eigenvalue weighted by molar-refractivity contribution is 5.82. The van der Waals surface area contributed by atoms with Crippen LogP contribution < -0.4 is 0 Å².